The van der Waals surface area contributed by atoms with E-state index in [0.717, 1.165) is 37.2 Å². The Bertz CT molecular complexity index is 816. The summed E-state index contributed by atoms with van der Waals surface area (Å²) >= 11 is 0. The molecule has 6 heteroatoms. The summed E-state index contributed by atoms with van der Waals surface area (Å²) in [4.78, 5) is 4.32. The number of aryl methyl sites for hydroxylation is 1. The number of ether oxygens (including phenoxy) is 1. The Balaban J connectivity index is 1.90. The van der Waals surface area contributed by atoms with E-state index < -0.39 is 8.32 Å². The second-order valence-electron chi connectivity index (χ2n) is 8.72. The van der Waals surface area contributed by atoms with Gasteiger partial charge in [0.25, 0.3) is 0 Å². The zero-order valence-corrected chi connectivity index (χ0v) is 19.1. The molecule has 1 heterocycles. The Kier molecular flexibility index (Phi) is 7.45. The second-order valence-corrected chi connectivity index (χ2v) is 13.5. The highest BCUT2D eigenvalue weighted by atomic mass is 28.4. The topological polar surface area (TPSA) is 60.1 Å². The van der Waals surface area contributed by atoms with Crippen molar-refractivity contribution in [2.45, 2.75) is 64.7 Å². The van der Waals surface area contributed by atoms with E-state index in [1.165, 1.54) is 5.69 Å². The Morgan fingerprint density at radius 2 is 1.96 bits per heavy atom. The number of nitrogens with zero attached hydrogens (tertiary/aromatic N) is 3. The van der Waals surface area contributed by atoms with Gasteiger partial charge in [0.2, 0.25) is 0 Å². The van der Waals surface area contributed by atoms with Gasteiger partial charge in [0.1, 0.15) is 5.75 Å². The average Bonchev–Trinajstić information content (AvgIpc) is 3.07. The lowest BCUT2D eigenvalue weighted by Gasteiger charge is -2.36. The molecule has 0 fully saturated rings. The number of hydrogen-bond donors (Lipinski definition) is 0. The molecule has 0 bridgehead atoms. The van der Waals surface area contributed by atoms with Crippen molar-refractivity contribution in [1.82, 2.24) is 9.55 Å². The standard InChI is InChI=1S/C22H33N3O2Si/c1-22(2,3)28(5,6)27-12-8-7-9-20-15-24-17-25(20)16-19-11-10-18(14-23)13-21(19)26-4/h10-11,13,15,17H,7-9,12,16H2,1-6H3. The summed E-state index contributed by atoms with van der Waals surface area (Å²) in [5, 5.41) is 9.31. The van der Waals surface area contributed by atoms with Gasteiger partial charge in [-0.05, 0) is 49.5 Å². The second kappa shape index (κ2) is 9.40. The molecular formula is C22H33N3O2Si. The molecule has 0 saturated heterocycles. The van der Waals surface area contributed by atoms with Crippen LogP contribution in [-0.2, 0) is 17.4 Å². The highest BCUT2D eigenvalue weighted by Crippen LogP contribution is 2.36. The van der Waals surface area contributed by atoms with Gasteiger partial charge >= 0.3 is 0 Å². The molecule has 2 rings (SSSR count). The maximum Gasteiger partial charge on any atom is 0.191 e. The molecule has 0 amide bonds. The van der Waals surface area contributed by atoms with Crippen molar-refractivity contribution >= 4 is 8.32 Å². The highest BCUT2D eigenvalue weighted by Gasteiger charge is 2.36. The van der Waals surface area contributed by atoms with Gasteiger partial charge < -0.3 is 13.7 Å². The normalized spacial score (nSPS) is 12.0. The number of hydrogen-bond acceptors (Lipinski definition) is 4. The third kappa shape index (κ3) is 5.70. The minimum Gasteiger partial charge on any atom is -0.496 e. The first-order chi connectivity index (χ1) is 13.2. The Morgan fingerprint density at radius 1 is 1.21 bits per heavy atom. The van der Waals surface area contributed by atoms with E-state index in [2.05, 4.69) is 49.5 Å². The van der Waals surface area contributed by atoms with Gasteiger partial charge in [0.05, 0.1) is 31.6 Å². The van der Waals surface area contributed by atoms with Gasteiger partial charge in [-0.25, -0.2) is 4.98 Å². The first-order valence-electron chi connectivity index (χ1n) is 9.88. The minimum atomic E-state index is -1.66. The molecule has 0 atom stereocenters. The predicted octanol–water partition coefficient (Wildman–Crippen LogP) is 5.16. The number of methoxy groups -OCH3 is 1. The molecule has 5 nitrogen and oxygen atoms in total. The molecule has 0 aliphatic carbocycles. The number of unbranched alkanes of at least 4 members (excludes halogenated alkanes) is 1. The number of aromatic nitrogens is 2. The summed E-state index contributed by atoms with van der Waals surface area (Å²) in [5.41, 5.74) is 2.86. The Morgan fingerprint density at radius 3 is 2.61 bits per heavy atom. The van der Waals surface area contributed by atoms with Crippen LogP contribution in [0.2, 0.25) is 18.1 Å². The van der Waals surface area contributed by atoms with Gasteiger partial charge in [0.15, 0.2) is 8.32 Å². The molecule has 1 aromatic carbocycles. The first kappa shape index (κ1) is 22.2. The fourth-order valence-corrected chi connectivity index (χ4v) is 3.87. The quantitative estimate of drug-likeness (QED) is 0.432. The van der Waals surface area contributed by atoms with Crippen LogP contribution in [0.15, 0.2) is 30.7 Å². The molecule has 1 aromatic heterocycles. The van der Waals surface area contributed by atoms with Crippen LogP contribution in [0, 0.1) is 11.3 Å². The maximum atomic E-state index is 9.06. The molecule has 0 N–H and O–H groups in total. The summed E-state index contributed by atoms with van der Waals surface area (Å²) in [6.45, 7) is 12.9. The molecular weight excluding hydrogens is 366 g/mol. The minimum absolute atomic E-state index is 0.256. The lowest BCUT2D eigenvalue weighted by molar-refractivity contribution is 0.279. The molecule has 0 unspecified atom stereocenters. The van der Waals surface area contributed by atoms with Crippen LogP contribution >= 0.6 is 0 Å². The van der Waals surface area contributed by atoms with Crippen LogP contribution in [0.25, 0.3) is 0 Å². The van der Waals surface area contributed by atoms with Gasteiger partial charge in [-0.1, -0.05) is 26.8 Å². The maximum absolute atomic E-state index is 9.06. The summed E-state index contributed by atoms with van der Waals surface area (Å²) in [6.07, 6.45) is 6.89. The molecule has 0 spiro atoms. The molecule has 0 radical (unpaired) electrons. The summed E-state index contributed by atoms with van der Waals surface area (Å²) in [7, 11) is -0.0197. The van der Waals surface area contributed by atoms with Crippen molar-refractivity contribution in [2.75, 3.05) is 13.7 Å². The molecule has 2 aromatic rings. The largest absolute Gasteiger partial charge is 0.496 e. The summed E-state index contributed by atoms with van der Waals surface area (Å²) in [5.74, 6) is 0.737. The Labute approximate surface area is 170 Å². The SMILES string of the molecule is COc1cc(C#N)ccc1Cn1cncc1CCCCO[Si](C)(C)C(C)(C)C. The van der Waals surface area contributed by atoms with E-state index in [9.17, 15) is 0 Å². The lowest BCUT2D eigenvalue weighted by atomic mass is 10.1. The van der Waals surface area contributed by atoms with Crippen molar-refractivity contribution in [3.05, 3.63) is 47.5 Å². The monoisotopic (exact) mass is 399 g/mol. The number of rotatable bonds is 9. The van der Waals surface area contributed by atoms with E-state index in [4.69, 9.17) is 14.4 Å². The van der Waals surface area contributed by atoms with Crippen LogP contribution in [0.3, 0.4) is 0 Å². The van der Waals surface area contributed by atoms with E-state index in [1.54, 1.807) is 13.2 Å². The van der Waals surface area contributed by atoms with Crippen LogP contribution in [0.1, 0.15) is 50.4 Å². The molecule has 0 saturated carbocycles. The van der Waals surface area contributed by atoms with E-state index in [0.29, 0.717) is 12.1 Å². The van der Waals surface area contributed by atoms with Crippen LogP contribution < -0.4 is 4.74 Å². The lowest BCUT2D eigenvalue weighted by Crippen LogP contribution is -2.40. The molecule has 152 valence electrons. The zero-order chi connectivity index (χ0) is 20.8. The van der Waals surface area contributed by atoms with Crippen LogP contribution in [0.5, 0.6) is 5.75 Å². The van der Waals surface area contributed by atoms with Crippen LogP contribution in [0.4, 0.5) is 0 Å². The summed E-state index contributed by atoms with van der Waals surface area (Å²) in [6, 6.07) is 7.71. The van der Waals surface area contributed by atoms with Gasteiger partial charge in [-0.3, -0.25) is 0 Å². The van der Waals surface area contributed by atoms with E-state index >= 15 is 0 Å². The molecule has 0 aliphatic heterocycles. The molecule has 28 heavy (non-hydrogen) atoms. The first-order valence-corrected chi connectivity index (χ1v) is 12.8. The average molecular weight is 400 g/mol. The van der Waals surface area contributed by atoms with Crippen LogP contribution in [-0.4, -0.2) is 31.6 Å². The summed E-state index contributed by atoms with van der Waals surface area (Å²) < 4.78 is 13.9. The third-order valence-electron chi connectivity index (χ3n) is 5.65. The van der Waals surface area contributed by atoms with Crippen molar-refractivity contribution in [1.29, 1.82) is 5.26 Å². The van der Waals surface area contributed by atoms with E-state index in [-0.39, 0.29) is 5.04 Å². The Hall–Kier alpha value is -2.10. The van der Waals surface area contributed by atoms with Gasteiger partial charge in [0, 0.05) is 24.1 Å². The van der Waals surface area contributed by atoms with E-state index in [1.807, 2.05) is 24.7 Å². The zero-order valence-electron chi connectivity index (χ0n) is 18.1. The van der Waals surface area contributed by atoms with Crippen molar-refractivity contribution < 1.29 is 9.16 Å². The number of imidazole rings is 1. The fraction of sp³-hybridized carbons (Fsp3) is 0.545. The number of benzene rings is 1. The molecule has 0 aliphatic rings. The van der Waals surface area contributed by atoms with Gasteiger partial charge in [-0.15, -0.1) is 0 Å². The van der Waals surface area contributed by atoms with Crippen molar-refractivity contribution in [2.24, 2.45) is 0 Å². The fourth-order valence-electron chi connectivity index (χ4n) is 2.78. The predicted molar refractivity (Wildman–Crippen MR) is 115 cm³/mol. The number of nitriles is 1. The smallest absolute Gasteiger partial charge is 0.191 e. The van der Waals surface area contributed by atoms with Crippen molar-refractivity contribution in [3.8, 4) is 11.8 Å². The highest BCUT2D eigenvalue weighted by molar-refractivity contribution is 6.74. The van der Waals surface area contributed by atoms with Crippen molar-refractivity contribution in [3.63, 3.8) is 0 Å². The van der Waals surface area contributed by atoms with Gasteiger partial charge in [-0.2, -0.15) is 5.26 Å². The third-order valence-corrected chi connectivity index (χ3v) is 10.2.